The number of ether oxygens (including phenoxy) is 1. The second-order valence-corrected chi connectivity index (χ2v) is 4.60. The molecule has 3 rings (SSSR count). The first kappa shape index (κ1) is 11.9. The van der Waals surface area contributed by atoms with Gasteiger partial charge in [-0.3, -0.25) is 0 Å². The highest BCUT2D eigenvalue weighted by molar-refractivity contribution is 5.94. The number of H-pyrrole nitrogens is 1. The molecule has 0 spiro atoms. The normalized spacial score (nSPS) is 14.4. The van der Waals surface area contributed by atoms with Gasteiger partial charge in [-0.25, -0.2) is 4.79 Å². The molecule has 1 aliphatic rings. The predicted octanol–water partition coefficient (Wildman–Crippen LogP) is 2.53. The van der Waals surface area contributed by atoms with Crippen LogP contribution in [0, 0.1) is 0 Å². The molecule has 0 amide bonds. The van der Waals surface area contributed by atoms with E-state index in [1.807, 2.05) is 18.2 Å². The van der Waals surface area contributed by atoms with E-state index in [4.69, 9.17) is 4.74 Å². The smallest absolute Gasteiger partial charge is 0.361 e. The van der Waals surface area contributed by atoms with Crippen LogP contribution in [0.2, 0.25) is 0 Å². The van der Waals surface area contributed by atoms with Gasteiger partial charge >= 0.3 is 5.97 Å². The van der Waals surface area contributed by atoms with E-state index >= 15 is 0 Å². The Hall–Kier alpha value is -2.17. The molecule has 0 radical (unpaired) electrons. The topological polar surface area (TPSA) is 67.9 Å². The minimum absolute atomic E-state index is 0.259. The summed E-state index contributed by atoms with van der Waals surface area (Å²) in [7, 11) is 0. The zero-order chi connectivity index (χ0) is 13.2. The van der Waals surface area contributed by atoms with Crippen LogP contribution in [0.25, 0.3) is 11.3 Å². The quantitative estimate of drug-likeness (QED) is 0.854. The number of aromatic amines is 1. The molecule has 0 atom stereocenters. The number of rotatable bonds is 4. The zero-order valence-electron chi connectivity index (χ0n) is 10.7. The van der Waals surface area contributed by atoms with E-state index in [1.54, 1.807) is 6.92 Å². The number of esters is 1. The predicted molar refractivity (Wildman–Crippen MR) is 69.8 cm³/mol. The first-order valence-electron chi connectivity index (χ1n) is 6.48. The molecule has 0 aliphatic heterocycles. The number of nitrogens with one attached hydrogen (secondary N) is 1. The molecule has 0 saturated heterocycles. The molecule has 19 heavy (non-hydrogen) atoms. The first-order valence-corrected chi connectivity index (χ1v) is 6.48. The fourth-order valence-electron chi connectivity index (χ4n) is 2.22. The lowest BCUT2D eigenvalue weighted by atomic mass is 9.99. The number of hydrogen-bond donors (Lipinski definition) is 1. The van der Waals surface area contributed by atoms with Crippen molar-refractivity contribution in [3.8, 4) is 11.3 Å². The number of hydrogen-bond acceptors (Lipinski definition) is 4. The number of carbonyl (C=O) groups is 1. The summed E-state index contributed by atoms with van der Waals surface area (Å²) < 4.78 is 5.00. The Kier molecular flexibility index (Phi) is 3.03. The minimum atomic E-state index is -0.433. The monoisotopic (exact) mass is 257 g/mol. The van der Waals surface area contributed by atoms with Crippen molar-refractivity contribution in [2.75, 3.05) is 6.61 Å². The molecular weight excluding hydrogens is 242 g/mol. The number of aromatic nitrogens is 3. The maximum absolute atomic E-state index is 11.9. The molecule has 1 heterocycles. The van der Waals surface area contributed by atoms with Crippen molar-refractivity contribution in [3.05, 3.63) is 35.5 Å². The van der Waals surface area contributed by atoms with Gasteiger partial charge in [0.25, 0.3) is 0 Å². The molecule has 98 valence electrons. The maximum Gasteiger partial charge on any atom is 0.361 e. The van der Waals surface area contributed by atoms with Crippen molar-refractivity contribution in [3.63, 3.8) is 0 Å². The molecule has 1 aromatic heterocycles. The maximum atomic E-state index is 11.9. The Labute approximate surface area is 111 Å². The third-order valence-corrected chi connectivity index (χ3v) is 3.25. The number of carbonyl (C=O) groups excluding carboxylic acids is 1. The second kappa shape index (κ2) is 4.84. The highest BCUT2D eigenvalue weighted by Gasteiger charge is 2.29. The van der Waals surface area contributed by atoms with E-state index in [0.717, 1.165) is 5.56 Å². The van der Waals surface area contributed by atoms with Gasteiger partial charge in [0.05, 0.1) is 6.61 Å². The van der Waals surface area contributed by atoms with Gasteiger partial charge < -0.3 is 4.74 Å². The lowest BCUT2D eigenvalue weighted by molar-refractivity contribution is 0.0520. The lowest BCUT2D eigenvalue weighted by Crippen LogP contribution is -2.07. The van der Waals surface area contributed by atoms with Gasteiger partial charge in [-0.1, -0.05) is 24.3 Å². The molecule has 1 aromatic carbocycles. The van der Waals surface area contributed by atoms with E-state index < -0.39 is 5.97 Å². The van der Waals surface area contributed by atoms with E-state index in [9.17, 15) is 4.79 Å². The highest BCUT2D eigenvalue weighted by atomic mass is 16.5. The van der Waals surface area contributed by atoms with Crippen LogP contribution in [0.15, 0.2) is 24.3 Å². The van der Waals surface area contributed by atoms with Gasteiger partial charge in [0, 0.05) is 5.56 Å². The van der Waals surface area contributed by atoms with E-state index in [0.29, 0.717) is 18.2 Å². The summed E-state index contributed by atoms with van der Waals surface area (Å²) >= 11 is 0. The minimum Gasteiger partial charge on any atom is -0.461 e. The Morgan fingerprint density at radius 2 is 2.16 bits per heavy atom. The van der Waals surface area contributed by atoms with Crippen LogP contribution in [0.5, 0.6) is 0 Å². The second-order valence-electron chi connectivity index (χ2n) is 4.60. The average molecular weight is 257 g/mol. The average Bonchev–Trinajstić information content (AvgIpc) is 3.16. The lowest BCUT2D eigenvalue weighted by Gasteiger charge is -2.06. The fraction of sp³-hybridized carbons (Fsp3) is 0.357. The molecule has 5 heteroatoms. The molecule has 0 bridgehead atoms. The molecular formula is C14H15N3O2. The Balaban J connectivity index is 2.03. The Morgan fingerprint density at radius 1 is 1.37 bits per heavy atom. The SMILES string of the molecule is CCOC(=O)c1n[nH]nc1-c1ccccc1C1CC1. The van der Waals surface area contributed by atoms with Crippen molar-refractivity contribution in [1.82, 2.24) is 15.4 Å². The first-order chi connectivity index (χ1) is 9.31. The summed E-state index contributed by atoms with van der Waals surface area (Å²) in [5, 5.41) is 10.6. The molecule has 2 aromatic rings. The van der Waals surface area contributed by atoms with Gasteiger partial charge in [-0.05, 0) is 31.2 Å². The fourth-order valence-corrected chi connectivity index (χ4v) is 2.22. The van der Waals surface area contributed by atoms with Gasteiger partial charge in [-0.2, -0.15) is 10.3 Å². The van der Waals surface area contributed by atoms with Crippen LogP contribution in [0.1, 0.15) is 41.7 Å². The molecule has 1 fully saturated rings. The van der Waals surface area contributed by atoms with Crippen molar-refractivity contribution < 1.29 is 9.53 Å². The standard InChI is InChI=1S/C14H15N3O2/c1-2-19-14(18)13-12(15-17-16-13)11-6-4-3-5-10(11)9-7-8-9/h3-6,9H,2,7-8H2,1H3,(H,15,16,17). The summed E-state index contributed by atoms with van der Waals surface area (Å²) in [5.74, 6) is 0.153. The van der Waals surface area contributed by atoms with Crippen LogP contribution in [-0.4, -0.2) is 28.0 Å². The van der Waals surface area contributed by atoms with Gasteiger partial charge in [-0.15, -0.1) is 5.10 Å². The molecule has 1 saturated carbocycles. The third kappa shape index (κ3) is 2.23. The molecule has 5 nitrogen and oxygen atoms in total. The van der Waals surface area contributed by atoms with E-state index in [1.165, 1.54) is 18.4 Å². The van der Waals surface area contributed by atoms with Crippen molar-refractivity contribution in [1.29, 1.82) is 0 Å². The van der Waals surface area contributed by atoms with Crippen molar-refractivity contribution in [2.45, 2.75) is 25.7 Å². The van der Waals surface area contributed by atoms with Crippen molar-refractivity contribution >= 4 is 5.97 Å². The largest absolute Gasteiger partial charge is 0.461 e. The van der Waals surface area contributed by atoms with Crippen LogP contribution in [-0.2, 0) is 4.74 Å². The van der Waals surface area contributed by atoms with Crippen LogP contribution in [0.3, 0.4) is 0 Å². The summed E-state index contributed by atoms with van der Waals surface area (Å²) in [4.78, 5) is 11.9. The number of nitrogens with zero attached hydrogens (tertiary/aromatic N) is 2. The van der Waals surface area contributed by atoms with Crippen LogP contribution < -0.4 is 0 Å². The number of benzene rings is 1. The highest BCUT2D eigenvalue weighted by Crippen LogP contribution is 2.44. The summed E-state index contributed by atoms with van der Waals surface area (Å²) in [6, 6.07) is 8.04. The molecule has 1 N–H and O–H groups in total. The van der Waals surface area contributed by atoms with Gasteiger partial charge in [0.1, 0.15) is 5.69 Å². The van der Waals surface area contributed by atoms with E-state index in [2.05, 4.69) is 21.5 Å². The Morgan fingerprint density at radius 3 is 2.89 bits per heavy atom. The summed E-state index contributed by atoms with van der Waals surface area (Å²) in [6.45, 7) is 2.10. The van der Waals surface area contributed by atoms with Crippen molar-refractivity contribution in [2.24, 2.45) is 0 Å². The molecule has 0 unspecified atom stereocenters. The van der Waals surface area contributed by atoms with Gasteiger partial charge in [0.2, 0.25) is 0 Å². The summed E-state index contributed by atoms with van der Waals surface area (Å²) in [6.07, 6.45) is 2.40. The van der Waals surface area contributed by atoms with Gasteiger partial charge in [0.15, 0.2) is 5.69 Å². The Bertz CT molecular complexity index is 602. The third-order valence-electron chi connectivity index (χ3n) is 3.25. The van der Waals surface area contributed by atoms with E-state index in [-0.39, 0.29) is 5.69 Å². The van der Waals surface area contributed by atoms with Crippen LogP contribution >= 0.6 is 0 Å². The molecule has 1 aliphatic carbocycles. The van der Waals surface area contributed by atoms with Crippen LogP contribution in [0.4, 0.5) is 0 Å². The summed E-state index contributed by atoms with van der Waals surface area (Å²) in [5.41, 5.74) is 3.06. The zero-order valence-corrected chi connectivity index (χ0v) is 10.7.